The summed E-state index contributed by atoms with van der Waals surface area (Å²) in [4.78, 5) is 12.8. The van der Waals surface area contributed by atoms with Crippen LogP contribution < -0.4 is 0 Å². The van der Waals surface area contributed by atoms with Crippen LogP contribution in [0.1, 0.15) is 59.8 Å². The first kappa shape index (κ1) is 18.4. The van der Waals surface area contributed by atoms with E-state index in [1.165, 1.54) is 5.57 Å². The zero-order chi connectivity index (χ0) is 19.1. The predicted octanol–water partition coefficient (Wildman–Crippen LogP) is 3.17. The molecule has 0 amide bonds. The van der Waals surface area contributed by atoms with Crippen molar-refractivity contribution in [2.24, 2.45) is 22.7 Å². The summed E-state index contributed by atoms with van der Waals surface area (Å²) >= 11 is 0. The first-order valence-electron chi connectivity index (χ1n) is 9.98. The molecule has 7 atom stereocenters. The van der Waals surface area contributed by atoms with Gasteiger partial charge in [-0.1, -0.05) is 32.9 Å². The molecule has 0 bridgehead atoms. The van der Waals surface area contributed by atoms with Crippen molar-refractivity contribution in [1.29, 1.82) is 0 Å². The molecule has 0 radical (unpaired) electrons. The van der Waals surface area contributed by atoms with Crippen molar-refractivity contribution in [2.45, 2.75) is 83.7 Å². The molecule has 4 rings (SSSR count). The van der Waals surface area contributed by atoms with Gasteiger partial charge in [0.25, 0.3) is 0 Å². The van der Waals surface area contributed by atoms with E-state index in [4.69, 9.17) is 4.74 Å². The highest BCUT2D eigenvalue weighted by molar-refractivity contribution is 6.01. The standard InChI is InChI=1S/C22H32O4/c1-12-6-7-15-20(3,4)16(23)8-9-21(15,5)14(12)11-22-17(24)10-13(2)18(25)19(22)26-22/h10,14-16,18-19,23,25H,1,6-9,11H2,2-5H3/t14-,15-,16+,18+,19-,21+,22+/m0/s1. The second-order valence-electron chi connectivity index (χ2n) is 10.0. The topological polar surface area (TPSA) is 70.1 Å². The Morgan fingerprint density at radius 1 is 1.27 bits per heavy atom. The summed E-state index contributed by atoms with van der Waals surface area (Å²) in [5, 5.41) is 21.0. The summed E-state index contributed by atoms with van der Waals surface area (Å²) in [7, 11) is 0. The number of fused-ring (bicyclic) bond motifs is 2. The van der Waals surface area contributed by atoms with Gasteiger partial charge in [-0.05, 0) is 73.3 Å². The number of carbonyl (C=O) groups excluding carboxylic acids is 1. The van der Waals surface area contributed by atoms with Gasteiger partial charge in [0.05, 0.1) is 6.10 Å². The molecule has 0 aromatic heterocycles. The molecule has 2 saturated carbocycles. The number of epoxide rings is 1. The van der Waals surface area contributed by atoms with E-state index in [0.29, 0.717) is 17.9 Å². The third-order valence-corrected chi connectivity index (χ3v) is 8.33. The molecule has 3 aliphatic carbocycles. The van der Waals surface area contributed by atoms with Gasteiger partial charge in [0.2, 0.25) is 0 Å². The molecule has 2 N–H and O–H groups in total. The van der Waals surface area contributed by atoms with Crippen molar-refractivity contribution in [3.05, 3.63) is 23.8 Å². The zero-order valence-electron chi connectivity index (χ0n) is 16.4. The summed E-state index contributed by atoms with van der Waals surface area (Å²) in [6.07, 6.45) is 4.52. The van der Waals surface area contributed by atoms with Crippen LogP contribution in [0.4, 0.5) is 0 Å². The minimum Gasteiger partial charge on any atom is -0.393 e. The van der Waals surface area contributed by atoms with Crippen LogP contribution in [0.2, 0.25) is 0 Å². The van der Waals surface area contributed by atoms with Crippen LogP contribution in [0.25, 0.3) is 0 Å². The van der Waals surface area contributed by atoms with Gasteiger partial charge in [0.15, 0.2) is 11.4 Å². The van der Waals surface area contributed by atoms with Crippen LogP contribution in [0.3, 0.4) is 0 Å². The number of allylic oxidation sites excluding steroid dienone is 1. The van der Waals surface area contributed by atoms with Crippen LogP contribution >= 0.6 is 0 Å². The first-order valence-corrected chi connectivity index (χ1v) is 9.98. The number of aliphatic hydroxyl groups excluding tert-OH is 2. The summed E-state index contributed by atoms with van der Waals surface area (Å²) in [6, 6.07) is 0. The maximum atomic E-state index is 12.8. The van der Waals surface area contributed by atoms with Gasteiger partial charge in [-0.25, -0.2) is 0 Å². The molecule has 26 heavy (non-hydrogen) atoms. The molecule has 3 fully saturated rings. The second-order valence-corrected chi connectivity index (χ2v) is 10.0. The maximum Gasteiger partial charge on any atom is 0.190 e. The minimum absolute atomic E-state index is 0.000993. The lowest BCUT2D eigenvalue weighted by atomic mass is 9.46. The summed E-state index contributed by atoms with van der Waals surface area (Å²) in [5.41, 5.74) is 0.900. The lowest BCUT2D eigenvalue weighted by Gasteiger charge is -2.59. The van der Waals surface area contributed by atoms with Crippen LogP contribution in [0.15, 0.2) is 23.8 Å². The van der Waals surface area contributed by atoms with Gasteiger partial charge in [-0.2, -0.15) is 0 Å². The average molecular weight is 360 g/mol. The fraction of sp³-hybridized carbons (Fsp3) is 0.773. The lowest BCUT2D eigenvalue weighted by molar-refractivity contribution is -0.132. The molecular weight excluding hydrogens is 328 g/mol. The SMILES string of the molecule is C=C1CC[C@H]2C(C)(C)[C@H](O)CC[C@]2(C)[C@H]1C[C@]12O[C@H]1[C@H](O)C(C)=CC2=O. The zero-order valence-corrected chi connectivity index (χ0v) is 16.4. The van der Waals surface area contributed by atoms with Crippen molar-refractivity contribution < 1.29 is 19.7 Å². The number of ether oxygens (including phenoxy) is 1. The van der Waals surface area contributed by atoms with E-state index in [1.54, 1.807) is 13.0 Å². The van der Waals surface area contributed by atoms with Crippen molar-refractivity contribution in [3.8, 4) is 0 Å². The van der Waals surface area contributed by atoms with Crippen LogP contribution in [-0.2, 0) is 9.53 Å². The Labute approximate surface area is 156 Å². The highest BCUT2D eigenvalue weighted by Crippen LogP contribution is 2.64. The van der Waals surface area contributed by atoms with Crippen molar-refractivity contribution >= 4 is 5.78 Å². The Kier molecular flexibility index (Phi) is 3.91. The molecule has 0 aromatic carbocycles. The lowest BCUT2D eigenvalue weighted by Crippen LogP contribution is -2.55. The highest BCUT2D eigenvalue weighted by Gasteiger charge is 2.69. The molecule has 0 unspecified atom stereocenters. The summed E-state index contributed by atoms with van der Waals surface area (Å²) in [5.74, 6) is 0.573. The Bertz CT molecular complexity index is 692. The molecule has 1 heterocycles. The molecule has 144 valence electrons. The van der Waals surface area contributed by atoms with Crippen LogP contribution in [0.5, 0.6) is 0 Å². The fourth-order valence-electron chi connectivity index (χ4n) is 6.47. The van der Waals surface area contributed by atoms with Crippen molar-refractivity contribution in [3.63, 3.8) is 0 Å². The monoisotopic (exact) mass is 360 g/mol. The van der Waals surface area contributed by atoms with E-state index in [0.717, 1.165) is 25.7 Å². The Morgan fingerprint density at radius 2 is 1.96 bits per heavy atom. The van der Waals surface area contributed by atoms with Crippen molar-refractivity contribution in [1.82, 2.24) is 0 Å². The maximum absolute atomic E-state index is 12.8. The van der Waals surface area contributed by atoms with E-state index in [9.17, 15) is 15.0 Å². The first-order chi connectivity index (χ1) is 12.0. The number of hydrogen-bond donors (Lipinski definition) is 2. The predicted molar refractivity (Wildman–Crippen MR) is 99.5 cm³/mol. The molecule has 0 spiro atoms. The van der Waals surface area contributed by atoms with E-state index >= 15 is 0 Å². The smallest absolute Gasteiger partial charge is 0.190 e. The Hall–Kier alpha value is -0.970. The number of rotatable bonds is 2. The molecule has 4 heteroatoms. The van der Waals surface area contributed by atoms with Crippen LogP contribution in [-0.4, -0.2) is 39.9 Å². The second kappa shape index (κ2) is 5.52. The largest absolute Gasteiger partial charge is 0.393 e. The minimum atomic E-state index is -0.863. The van der Waals surface area contributed by atoms with E-state index < -0.39 is 17.8 Å². The number of ketones is 1. The summed E-state index contributed by atoms with van der Waals surface area (Å²) in [6.45, 7) is 12.8. The van der Waals surface area contributed by atoms with E-state index in [1.807, 2.05) is 0 Å². The molecule has 1 aliphatic heterocycles. The van der Waals surface area contributed by atoms with Gasteiger partial charge in [0.1, 0.15) is 12.2 Å². The third kappa shape index (κ3) is 2.28. The van der Waals surface area contributed by atoms with Crippen LogP contribution in [0, 0.1) is 22.7 Å². The Balaban J connectivity index is 1.66. The fourth-order valence-corrected chi connectivity index (χ4v) is 6.47. The van der Waals surface area contributed by atoms with Gasteiger partial charge >= 0.3 is 0 Å². The van der Waals surface area contributed by atoms with Crippen molar-refractivity contribution in [2.75, 3.05) is 0 Å². The highest BCUT2D eigenvalue weighted by atomic mass is 16.6. The number of aliphatic hydroxyl groups is 2. The van der Waals surface area contributed by atoms with Gasteiger partial charge in [0, 0.05) is 0 Å². The van der Waals surface area contributed by atoms with Gasteiger partial charge in [-0.15, -0.1) is 0 Å². The average Bonchev–Trinajstić information content (AvgIpc) is 3.30. The molecule has 4 aliphatic rings. The molecule has 1 saturated heterocycles. The van der Waals surface area contributed by atoms with E-state index in [2.05, 4.69) is 27.4 Å². The van der Waals surface area contributed by atoms with Gasteiger partial charge < -0.3 is 14.9 Å². The molecule has 4 nitrogen and oxygen atoms in total. The molecule has 0 aromatic rings. The normalized spacial score (nSPS) is 49.9. The number of hydrogen-bond acceptors (Lipinski definition) is 4. The Morgan fingerprint density at radius 3 is 2.65 bits per heavy atom. The molecular formula is C22H32O4. The quantitative estimate of drug-likeness (QED) is 0.586. The van der Waals surface area contributed by atoms with Gasteiger partial charge in [-0.3, -0.25) is 4.79 Å². The van der Waals surface area contributed by atoms with E-state index in [-0.39, 0.29) is 28.6 Å². The number of carbonyl (C=O) groups is 1. The summed E-state index contributed by atoms with van der Waals surface area (Å²) < 4.78 is 5.87. The third-order valence-electron chi connectivity index (χ3n) is 8.33.